The molecule has 2 aromatic rings. The molecule has 0 radical (unpaired) electrons. The smallest absolute Gasteiger partial charge is 0.104 e. The second kappa shape index (κ2) is 3.27. The average molecular weight is 265 g/mol. The van der Waals surface area contributed by atoms with Crippen molar-refractivity contribution < 1.29 is 0 Å². The van der Waals surface area contributed by atoms with E-state index in [9.17, 15) is 0 Å². The predicted octanol–water partition coefficient (Wildman–Crippen LogP) is 3.71. The summed E-state index contributed by atoms with van der Waals surface area (Å²) in [5.74, 6) is 0.896. The number of fused-ring (bicyclic) bond motifs is 1. The van der Waals surface area contributed by atoms with Crippen LogP contribution in [0, 0.1) is 0 Å². The Kier molecular flexibility index (Phi) is 2.02. The van der Waals surface area contributed by atoms with Gasteiger partial charge < -0.3 is 10.3 Å². The van der Waals surface area contributed by atoms with Crippen molar-refractivity contribution in [3.63, 3.8) is 0 Å². The van der Waals surface area contributed by atoms with E-state index in [0.717, 1.165) is 10.3 Å². The van der Waals surface area contributed by atoms with E-state index in [0.29, 0.717) is 6.04 Å². The average Bonchev–Trinajstić information content (AvgIpc) is 2.42. The van der Waals surface area contributed by atoms with Crippen molar-refractivity contribution >= 4 is 32.7 Å². The minimum Gasteiger partial charge on any atom is -0.385 e. The van der Waals surface area contributed by atoms with E-state index in [1.807, 2.05) is 0 Å². The molecule has 0 unspecified atom stereocenters. The fourth-order valence-electron chi connectivity index (χ4n) is 2.27. The fourth-order valence-corrected chi connectivity index (χ4v) is 2.62. The van der Waals surface area contributed by atoms with Gasteiger partial charge in [0.15, 0.2) is 0 Å². The lowest BCUT2D eigenvalue weighted by molar-refractivity contribution is 0.325. The molecule has 1 aliphatic rings. The van der Waals surface area contributed by atoms with Crippen molar-refractivity contribution in [3.05, 3.63) is 28.7 Å². The molecule has 1 saturated carbocycles. The standard InChI is InChI=1S/C12H13BrN2/c13-9-5-4-8-6-12(14)15(11(8)7-9)10-2-1-3-10/h4-7,10H,1-3,14H2. The van der Waals surface area contributed by atoms with E-state index in [1.54, 1.807) is 0 Å². The minimum atomic E-state index is 0.622. The Morgan fingerprint density at radius 1 is 1.27 bits per heavy atom. The summed E-state index contributed by atoms with van der Waals surface area (Å²) < 4.78 is 3.40. The van der Waals surface area contributed by atoms with Crippen LogP contribution in [0.1, 0.15) is 25.3 Å². The number of hydrogen-bond donors (Lipinski definition) is 1. The second-order valence-corrected chi connectivity index (χ2v) is 5.14. The molecule has 3 rings (SSSR count). The second-order valence-electron chi connectivity index (χ2n) is 4.23. The van der Waals surface area contributed by atoms with E-state index in [1.165, 1.54) is 30.2 Å². The molecule has 0 amide bonds. The van der Waals surface area contributed by atoms with Crippen LogP contribution in [0.15, 0.2) is 28.7 Å². The number of rotatable bonds is 1. The molecule has 2 nitrogen and oxygen atoms in total. The van der Waals surface area contributed by atoms with Gasteiger partial charge in [-0.2, -0.15) is 0 Å². The highest BCUT2D eigenvalue weighted by Gasteiger charge is 2.22. The summed E-state index contributed by atoms with van der Waals surface area (Å²) in [5, 5.41) is 1.24. The summed E-state index contributed by atoms with van der Waals surface area (Å²) in [6, 6.07) is 9.03. The molecule has 78 valence electrons. The number of halogens is 1. The highest BCUT2D eigenvalue weighted by molar-refractivity contribution is 9.10. The van der Waals surface area contributed by atoms with Crippen LogP contribution in [0.4, 0.5) is 5.82 Å². The third-order valence-corrected chi connectivity index (χ3v) is 3.77. The van der Waals surface area contributed by atoms with Gasteiger partial charge in [0.25, 0.3) is 0 Å². The largest absolute Gasteiger partial charge is 0.385 e. The third-order valence-electron chi connectivity index (χ3n) is 3.27. The van der Waals surface area contributed by atoms with Crippen LogP contribution in [-0.4, -0.2) is 4.57 Å². The topological polar surface area (TPSA) is 30.9 Å². The van der Waals surface area contributed by atoms with Gasteiger partial charge in [-0.05, 0) is 37.5 Å². The molecule has 1 aromatic carbocycles. The van der Waals surface area contributed by atoms with Crippen LogP contribution in [0.25, 0.3) is 10.9 Å². The van der Waals surface area contributed by atoms with E-state index in [2.05, 4.69) is 44.8 Å². The first-order chi connectivity index (χ1) is 7.25. The zero-order chi connectivity index (χ0) is 10.4. The summed E-state index contributed by atoms with van der Waals surface area (Å²) >= 11 is 3.51. The lowest BCUT2D eigenvalue weighted by Crippen LogP contribution is -2.18. The molecular formula is C12H13BrN2. The highest BCUT2D eigenvalue weighted by Crippen LogP contribution is 2.38. The quantitative estimate of drug-likeness (QED) is 0.837. The van der Waals surface area contributed by atoms with Crippen LogP contribution >= 0.6 is 15.9 Å². The van der Waals surface area contributed by atoms with Gasteiger partial charge in [0, 0.05) is 15.9 Å². The van der Waals surface area contributed by atoms with Gasteiger partial charge >= 0.3 is 0 Å². The zero-order valence-electron chi connectivity index (χ0n) is 8.41. The van der Waals surface area contributed by atoms with Crippen molar-refractivity contribution in [2.75, 3.05) is 5.73 Å². The monoisotopic (exact) mass is 264 g/mol. The van der Waals surface area contributed by atoms with Gasteiger partial charge in [0.05, 0.1) is 5.52 Å². The number of nitrogen functional groups attached to an aromatic ring is 1. The molecule has 3 heteroatoms. The normalized spacial score (nSPS) is 16.9. The first-order valence-corrected chi connectivity index (χ1v) is 6.11. The third kappa shape index (κ3) is 1.37. The molecule has 1 fully saturated rings. The molecule has 1 aromatic heterocycles. The van der Waals surface area contributed by atoms with Crippen LogP contribution in [0.2, 0.25) is 0 Å². The number of benzene rings is 1. The Balaban J connectivity index is 2.25. The van der Waals surface area contributed by atoms with Gasteiger partial charge in [-0.15, -0.1) is 0 Å². The Labute approximate surface area is 97.2 Å². The van der Waals surface area contributed by atoms with Gasteiger partial charge in [-0.1, -0.05) is 22.0 Å². The van der Waals surface area contributed by atoms with Gasteiger partial charge in [0.2, 0.25) is 0 Å². The number of aromatic nitrogens is 1. The summed E-state index contributed by atoms with van der Waals surface area (Å²) in [7, 11) is 0. The summed E-state index contributed by atoms with van der Waals surface area (Å²) in [6.45, 7) is 0. The molecule has 0 atom stereocenters. The molecule has 0 spiro atoms. The lowest BCUT2D eigenvalue weighted by atomic mass is 9.93. The first-order valence-electron chi connectivity index (χ1n) is 5.31. The SMILES string of the molecule is Nc1cc2ccc(Br)cc2n1C1CCC1. The minimum absolute atomic E-state index is 0.622. The summed E-state index contributed by atoms with van der Waals surface area (Å²) in [5.41, 5.74) is 7.32. The van der Waals surface area contributed by atoms with Crippen LogP contribution in [0.5, 0.6) is 0 Å². The number of anilines is 1. The number of nitrogens with zero attached hydrogens (tertiary/aromatic N) is 1. The maximum Gasteiger partial charge on any atom is 0.104 e. The van der Waals surface area contributed by atoms with Crippen LogP contribution in [-0.2, 0) is 0 Å². The Hall–Kier alpha value is -0.960. The van der Waals surface area contributed by atoms with E-state index < -0.39 is 0 Å². The maximum atomic E-state index is 6.06. The van der Waals surface area contributed by atoms with Crippen LogP contribution < -0.4 is 5.73 Å². The Morgan fingerprint density at radius 2 is 2.07 bits per heavy atom. The molecule has 1 heterocycles. The van der Waals surface area contributed by atoms with Gasteiger partial charge in [0.1, 0.15) is 5.82 Å². The number of hydrogen-bond acceptors (Lipinski definition) is 1. The van der Waals surface area contributed by atoms with Crippen molar-refractivity contribution in [1.82, 2.24) is 4.57 Å². The van der Waals surface area contributed by atoms with Crippen molar-refractivity contribution in [1.29, 1.82) is 0 Å². The van der Waals surface area contributed by atoms with Gasteiger partial charge in [-0.3, -0.25) is 0 Å². The molecular weight excluding hydrogens is 252 g/mol. The number of nitrogens with two attached hydrogens (primary N) is 1. The van der Waals surface area contributed by atoms with Gasteiger partial charge in [-0.25, -0.2) is 0 Å². The summed E-state index contributed by atoms with van der Waals surface area (Å²) in [4.78, 5) is 0. The van der Waals surface area contributed by atoms with Crippen molar-refractivity contribution in [3.8, 4) is 0 Å². The molecule has 15 heavy (non-hydrogen) atoms. The first kappa shape index (κ1) is 9.28. The molecule has 2 N–H and O–H groups in total. The van der Waals surface area contributed by atoms with Crippen molar-refractivity contribution in [2.24, 2.45) is 0 Å². The Morgan fingerprint density at radius 3 is 2.73 bits per heavy atom. The van der Waals surface area contributed by atoms with Crippen molar-refractivity contribution in [2.45, 2.75) is 25.3 Å². The van der Waals surface area contributed by atoms with E-state index in [4.69, 9.17) is 5.73 Å². The summed E-state index contributed by atoms with van der Waals surface area (Å²) in [6.07, 6.45) is 3.86. The fraction of sp³-hybridized carbons (Fsp3) is 0.333. The maximum absolute atomic E-state index is 6.06. The molecule has 1 aliphatic carbocycles. The zero-order valence-corrected chi connectivity index (χ0v) is 10.00. The predicted molar refractivity (Wildman–Crippen MR) is 66.9 cm³/mol. The lowest BCUT2D eigenvalue weighted by Gasteiger charge is -2.29. The molecule has 0 aliphatic heterocycles. The molecule has 0 bridgehead atoms. The van der Waals surface area contributed by atoms with E-state index in [-0.39, 0.29) is 0 Å². The Bertz CT molecular complexity index is 512. The highest BCUT2D eigenvalue weighted by atomic mass is 79.9. The van der Waals surface area contributed by atoms with E-state index >= 15 is 0 Å². The van der Waals surface area contributed by atoms with Crippen LogP contribution in [0.3, 0.4) is 0 Å². The molecule has 0 saturated heterocycles.